The van der Waals surface area contributed by atoms with E-state index in [1.165, 1.54) is 6.54 Å². The molecule has 0 bridgehead atoms. The minimum atomic E-state index is -0.0506. The van der Waals surface area contributed by atoms with E-state index in [0.717, 1.165) is 38.9 Å². The van der Waals surface area contributed by atoms with Crippen LogP contribution in [-0.4, -0.2) is 52.1 Å². The molecule has 1 atom stereocenters. The van der Waals surface area contributed by atoms with Crippen LogP contribution in [-0.2, 0) is 4.79 Å². The number of piperidine rings is 1. The largest absolute Gasteiger partial charge is 0.423 e. The van der Waals surface area contributed by atoms with Crippen LogP contribution in [0.1, 0.15) is 57.9 Å². The Bertz CT molecular complexity index is 561. The normalized spacial score (nSPS) is 24.7. The Morgan fingerprint density at radius 3 is 2.57 bits per heavy atom. The minimum Gasteiger partial charge on any atom is -0.423 e. The van der Waals surface area contributed by atoms with Crippen molar-refractivity contribution in [3.05, 3.63) is 11.8 Å². The fourth-order valence-electron chi connectivity index (χ4n) is 4.14. The monoisotopic (exact) mass is 320 g/mol. The van der Waals surface area contributed by atoms with Gasteiger partial charge in [0.25, 0.3) is 0 Å². The summed E-state index contributed by atoms with van der Waals surface area (Å²) >= 11 is 0. The summed E-state index contributed by atoms with van der Waals surface area (Å²) in [5.74, 6) is 1.97. The van der Waals surface area contributed by atoms with Gasteiger partial charge in [0.1, 0.15) is 6.04 Å². The Balaban J connectivity index is 1.72. The van der Waals surface area contributed by atoms with E-state index in [9.17, 15) is 4.79 Å². The zero-order valence-electron chi connectivity index (χ0n) is 14.7. The van der Waals surface area contributed by atoms with Gasteiger partial charge in [-0.15, -0.1) is 10.2 Å². The number of carbonyl (C=O) groups is 1. The summed E-state index contributed by atoms with van der Waals surface area (Å²) in [6, 6.07) is -0.0506. The van der Waals surface area contributed by atoms with Gasteiger partial charge < -0.3 is 14.2 Å². The number of likely N-dealkylation sites (tertiary alicyclic amines) is 2. The second-order valence-corrected chi connectivity index (χ2v) is 7.72. The van der Waals surface area contributed by atoms with Crippen molar-refractivity contribution in [3.8, 4) is 0 Å². The van der Waals surface area contributed by atoms with Crippen LogP contribution in [0.5, 0.6) is 0 Å². The van der Waals surface area contributed by atoms with E-state index < -0.39 is 0 Å². The van der Waals surface area contributed by atoms with E-state index in [4.69, 9.17) is 4.42 Å². The molecule has 6 nitrogen and oxygen atoms in total. The second kappa shape index (κ2) is 6.23. The molecule has 2 aliphatic heterocycles. The summed E-state index contributed by atoms with van der Waals surface area (Å²) in [5.41, 5.74) is 0.214. The first-order valence-corrected chi connectivity index (χ1v) is 8.68. The fourth-order valence-corrected chi connectivity index (χ4v) is 4.14. The predicted molar refractivity (Wildman–Crippen MR) is 86.7 cm³/mol. The average Bonchev–Trinajstić information content (AvgIpc) is 3.06. The van der Waals surface area contributed by atoms with Gasteiger partial charge in [-0.3, -0.25) is 4.79 Å². The number of aromatic nitrogens is 2. The molecule has 6 heteroatoms. The molecular weight excluding hydrogens is 292 g/mol. The smallest absolute Gasteiger partial charge is 0.238 e. The lowest BCUT2D eigenvalue weighted by molar-refractivity contribution is -0.130. The van der Waals surface area contributed by atoms with Crippen molar-refractivity contribution in [1.29, 1.82) is 0 Å². The van der Waals surface area contributed by atoms with Crippen molar-refractivity contribution in [1.82, 2.24) is 20.0 Å². The number of carbonyl (C=O) groups excluding carboxylic acids is 1. The van der Waals surface area contributed by atoms with Gasteiger partial charge in [-0.2, -0.15) is 0 Å². The van der Waals surface area contributed by atoms with Crippen LogP contribution in [0.3, 0.4) is 0 Å². The SMILES string of the molecule is CC(=O)N1CC2(CCN(CC(C)C)CC2)CC1c1nnc(C)o1. The van der Waals surface area contributed by atoms with Gasteiger partial charge in [0, 0.05) is 26.9 Å². The highest BCUT2D eigenvalue weighted by Gasteiger charge is 2.48. The van der Waals surface area contributed by atoms with Crippen molar-refractivity contribution in [2.75, 3.05) is 26.2 Å². The Hall–Kier alpha value is -1.43. The first-order chi connectivity index (χ1) is 10.9. The molecule has 1 amide bonds. The minimum absolute atomic E-state index is 0.0506. The summed E-state index contributed by atoms with van der Waals surface area (Å²) < 4.78 is 5.63. The van der Waals surface area contributed by atoms with Crippen LogP contribution in [0.15, 0.2) is 4.42 Å². The van der Waals surface area contributed by atoms with Crippen molar-refractivity contribution in [2.45, 2.75) is 53.0 Å². The summed E-state index contributed by atoms with van der Waals surface area (Å²) in [7, 11) is 0. The number of hydrogen-bond donors (Lipinski definition) is 0. The van der Waals surface area contributed by atoms with Crippen molar-refractivity contribution in [3.63, 3.8) is 0 Å². The lowest BCUT2D eigenvalue weighted by atomic mass is 9.76. The Kier molecular flexibility index (Phi) is 4.45. The first kappa shape index (κ1) is 16.4. The lowest BCUT2D eigenvalue weighted by Gasteiger charge is -2.39. The van der Waals surface area contributed by atoms with Gasteiger partial charge in [-0.05, 0) is 43.7 Å². The molecule has 3 rings (SSSR count). The third kappa shape index (κ3) is 3.42. The molecule has 2 fully saturated rings. The molecule has 23 heavy (non-hydrogen) atoms. The van der Waals surface area contributed by atoms with E-state index in [2.05, 4.69) is 28.9 Å². The molecule has 0 aromatic carbocycles. The molecular formula is C17H28N4O2. The molecule has 2 aliphatic rings. The van der Waals surface area contributed by atoms with Crippen LogP contribution < -0.4 is 0 Å². The fraction of sp³-hybridized carbons (Fsp3) is 0.824. The molecule has 0 N–H and O–H groups in total. The number of hydrogen-bond acceptors (Lipinski definition) is 5. The highest BCUT2D eigenvalue weighted by Crippen LogP contribution is 2.48. The number of rotatable bonds is 3. The van der Waals surface area contributed by atoms with Crippen LogP contribution >= 0.6 is 0 Å². The van der Waals surface area contributed by atoms with Crippen molar-refractivity contribution >= 4 is 5.91 Å². The van der Waals surface area contributed by atoms with E-state index in [0.29, 0.717) is 17.7 Å². The van der Waals surface area contributed by atoms with Crippen LogP contribution in [0.25, 0.3) is 0 Å². The van der Waals surface area contributed by atoms with Crippen LogP contribution in [0, 0.1) is 18.3 Å². The van der Waals surface area contributed by atoms with Gasteiger partial charge in [-0.1, -0.05) is 13.8 Å². The zero-order chi connectivity index (χ0) is 16.6. The van der Waals surface area contributed by atoms with Gasteiger partial charge in [0.05, 0.1) is 0 Å². The maximum atomic E-state index is 12.1. The number of nitrogens with zero attached hydrogens (tertiary/aromatic N) is 4. The van der Waals surface area contributed by atoms with Crippen molar-refractivity contribution in [2.24, 2.45) is 11.3 Å². The van der Waals surface area contributed by atoms with Gasteiger partial charge >= 0.3 is 0 Å². The molecule has 0 aliphatic carbocycles. The van der Waals surface area contributed by atoms with Crippen molar-refractivity contribution < 1.29 is 9.21 Å². The molecule has 1 aromatic rings. The quantitative estimate of drug-likeness (QED) is 0.856. The van der Waals surface area contributed by atoms with E-state index in [1.54, 1.807) is 13.8 Å². The summed E-state index contributed by atoms with van der Waals surface area (Å²) in [5, 5.41) is 8.11. The summed E-state index contributed by atoms with van der Waals surface area (Å²) in [6.07, 6.45) is 3.24. The first-order valence-electron chi connectivity index (χ1n) is 8.68. The van der Waals surface area contributed by atoms with Gasteiger partial charge in [0.2, 0.25) is 17.7 Å². The predicted octanol–water partition coefficient (Wildman–Crippen LogP) is 2.41. The van der Waals surface area contributed by atoms with E-state index in [-0.39, 0.29) is 17.4 Å². The number of aryl methyl sites for hydroxylation is 1. The Morgan fingerprint density at radius 1 is 1.35 bits per heavy atom. The third-order valence-electron chi connectivity index (χ3n) is 5.28. The molecule has 1 spiro atoms. The molecule has 0 radical (unpaired) electrons. The topological polar surface area (TPSA) is 62.5 Å². The molecule has 1 aromatic heterocycles. The standard InChI is InChI=1S/C17H28N4O2/c1-12(2)10-20-7-5-17(6-8-20)9-15(21(11-17)14(4)22)16-19-18-13(3)23-16/h12,15H,5-11H2,1-4H3. The maximum Gasteiger partial charge on any atom is 0.238 e. The Morgan fingerprint density at radius 2 is 2.04 bits per heavy atom. The molecule has 1 unspecified atom stereocenters. The number of amides is 1. The van der Waals surface area contributed by atoms with Crippen LogP contribution in [0.2, 0.25) is 0 Å². The van der Waals surface area contributed by atoms with E-state index >= 15 is 0 Å². The summed E-state index contributed by atoms with van der Waals surface area (Å²) in [4.78, 5) is 16.6. The molecule has 128 valence electrons. The summed E-state index contributed by atoms with van der Waals surface area (Å²) in [6.45, 7) is 12.2. The van der Waals surface area contributed by atoms with E-state index in [1.807, 2.05) is 4.90 Å². The third-order valence-corrected chi connectivity index (χ3v) is 5.28. The average molecular weight is 320 g/mol. The Labute approximate surface area is 138 Å². The molecule has 2 saturated heterocycles. The lowest BCUT2D eigenvalue weighted by Crippen LogP contribution is -2.43. The maximum absolute atomic E-state index is 12.1. The molecule has 0 saturated carbocycles. The van der Waals surface area contributed by atoms with Crippen LogP contribution in [0.4, 0.5) is 0 Å². The zero-order valence-corrected chi connectivity index (χ0v) is 14.7. The molecule has 3 heterocycles. The van der Waals surface area contributed by atoms with Gasteiger partial charge in [0.15, 0.2) is 0 Å². The highest BCUT2D eigenvalue weighted by molar-refractivity contribution is 5.74. The second-order valence-electron chi connectivity index (χ2n) is 7.72. The van der Waals surface area contributed by atoms with Gasteiger partial charge in [-0.25, -0.2) is 0 Å². The highest BCUT2D eigenvalue weighted by atomic mass is 16.4.